The predicted molar refractivity (Wildman–Crippen MR) is 113 cm³/mol. The molecule has 0 radical (unpaired) electrons. The molecule has 1 aliphatic carbocycles. The second-order valence-electron chi connectivity index (χ2n) is 7.68. The minimum atomic E-state index is -0.461. The number of hydrogen-bond acceptors (Lipinski definition) is 6. The summed E-state index contributed by atoms with van der Waals surface area (Å²) in [7, 11) is 1.61. The highest BCUT2D eigenvalue weighted by molar-refractivity contribution is 7.17. The molecule has 4 rings (SSSR count). The van der Waals surface area contributed by atoms with Gasteiger partial charge in [-0.2, -0.15) is 0 Å². The van der Waals surface area contributed by atoms with Crippen molar-refractivity contribution >= 4 is 28.2 Å². The van der Waals surface area contributed by atoms with Crippen molar-refractivity contribution in [1.82, 2.24) is 16.2 Å². The number of phenols is 1. The molecule has 1 aromatic heterocycles. The Morgan fingerprint density at radius 3 is 2.76 bits per heavy atom. The number of hydrogen-bond donors (Lipinski definition) is 5. The van der Waals surface area contributed by atoms with Crippen LogP contribution in [-0.2, 0) is 17.6 Å². The molecule has 2 amide bonds. The van der Waals surface area contributed by atoms with E-state index in [0.29, 0.717) is 17.0 Å². The zero-order valence-electron chi connectivity index (χ0n) is 16.6. The number of rotatable bonds is 4. The van der Waals surface area contributed by atoms with E-state index >= 15 is 0 Å². The number of phenolic OH excluding ortho intramolecular Hbond substituents is 1. The predicted octanol–water partition coefficient (Wildman–Crippen LogP) is 2.55. The van der Waals surface area contributed by atoms with Crippen molar-refractivity contribution in [3.05, 3.63) is 45.3 Å². The molecule has 29 heavy (non-hydrogen) atoms. The molecule has 0 saturated carbocycles. The number of anilines is 1. The number of carbonyl (C=O) groups is 2. The highest BCUT2D eigenvalue weighted by atomic mass is 32.1. The van der Waals surface area contributed by atoms with Crippen molar-refractivity contribution in [3.8, 4) is 5.75 Å². The normalized spacial score (nSPS) is 20.9. The number of carbonyl (C=O) groups excluding carboxylic acids is 2. The van der Waals surface area contributed by atoms with Gasteiger partial charge < -0.3 is 15.7 Å². The molecule has 2 unspecified atom stereocenters. The highest BCUT2D eigenvalue weighted by Crippen LogP contribution is 2.38. The van der Waals surface area contributed by atoms with Crippen LogP contribution < -0.4 is 21.5 Å². The van der Waals surface area contributed by atoms with Crippen molar-refractivity contribution in [2.24, 2.45) is 0 Å². The Morgan fingerprint density at radius 1 is 1.21 bits per heavy atom. The summed E-state index contributed by atoms with van der Waals surface area (Å²) in [6.07, 6.45) is 4.52. The van der Waals surface area contributed by atoms with Gasteiger partial charge in [0.1, 0.15) is 16.8 Å². The number of hydrazine groups is 1. The Labute approximate surface area is 173 Å². The van der Waals surface area contributed by atoms with E-state index in [1.165, 1.54) is 16.2 Å². The Balaban J connectivity index is 1.50. The van der Waals surface area contributed by atoms with Crippen LogP contribution in [0.15, 0.2) is 18.2 Å². The Kier molecular flexibility index (Phi) is 5.58. The molecular weight excluding hydrogens is 388 g/mol. The lowest BCUT2D eigenvalue weighted by atomic mass is 9.95. The Hall–Kier alpha value is -2.42. The summed E-state index contributed by atoms with van der Waals surface area (Å²) < 4.78 is 0. The lowest BCUT2D eigenvalue weighted by molar-refractivity contribution is -0.117. The van der Waals surface area contributed by atoms with Crippen molar-refractivity contribution in [3.63, 3.8) is 0 Å². The molecule has 2 aliphatic rings. The number of fused-ring (bicyclic) bond motifs is 1. The summed E-state index contributed by atoms with van der Waals surface area (Å²) in [5.41, 5.74) is 9.55. The van der Waals surface area contributed by atoms with Gasteiger partial charge in [0.05, 0.1) is 11.6 Å². The van der Waals surface area contributed by atoms with E-state index in [1.54, 1.807) is 13.1 Å². The molecule has 1 aliphatic heterocycles. The van der Waals surface area contributed by atoms with Gasteiger partial charge >= 0.3 is 0 Å². The fraction of sp³-hybridized carbons (Fsp3) is 0.429. The second kappa shape index (κ2) is 8.14. The van der Waals surface area contributed by atoms with Crippen LogP contribution in [0.1, 0.15) is 57.2 Å². The number of nitrogens with one attached hydrogen (secondary N) is 4. The van der Waals surface area contributed by atoms with Gasteiger partial charge in [-0.3, -0.25) is 9.59 Å². The number of aryl methyl sites for hydroxylation is 2. The van der Waals surface area contributed by atoms with Crippen molar-refractivity contribution in [2.45, 2.75) is 51.1 Å². The largest absolute Gasteiger partial charge is 0.508 e. The zero-order chi connectivity index (χ0) is 20.5. The molecule has 0 bridgehead atoms. The third-order valence-electron chi connectivity index (χ3n) is 5.64. The topological polar surface area (TPSA) is 102 Å². The number of benzene rings is 1. The molecule has 7 nitrogen and oxygen atoms in total. The van der Waals surface area contributed by atoms with Crippen molar-refractivity contribution < 1.29 is 14.7 Å². The molecule has 5 N–H and O–H groups in total. The summed E-state index contributed by atoms with van der Waals surface area (Å²) in [6, 6.07) is 4.91. The number of amides is 2. The number of aromatic hydroxyl groups is 1. The van der Waals surface area contributed by atoms with Gasteiger partial charge in [0.25, 0.3) is 5.91 Å². The first-order chi connectivity index (χ1) is 14.0. The molecule has 1 saturated heterocycles. The summed E-state index contributed by atoms with van der Waals surface area (Å²) in [5, 5.41) is 16.5. The lowest BCUT2D eigenvalue weighted by Crippen LogP contribution is -2.39. The van der Waals surface area contributed by atoms with Gasteiger partial charge in [0, 0.05) is 17.5 Å². The van der Waals surface area contributed by atoms with E-state index in [-0.39, 0.29) is 23.6 Å². The molecule has 1 aromatic carbocycles. The van der Waals surface area contributed by atoms with Gasteiger partial charge in [-0.15, -0.1) is 11.3 Å². The zero-order valence-corrected chi connectivity index (χ0v) is 17.4. The first kappa shape index (κ1) is 19.9. The van der Waals surface area contributed by atoms with E-state index in [4.69, 9.17) is 0 Å². The maximum absolute atomic E-state index is 12.9. The fourth-order valence-corrected chi connectivity index (χ4v) is 5.39. The second-order valence-corrected chi connectivity index (χ2v) is 8.78. The van der Waals surface area contributed by atoms with E-state index < -0.39 is 6.04 Å². The van der Waals surface area contributed by atoms with Gasteiger partial charge in [0.15, 0.2) is 0 Å². The van der Waals surface area contributed by atoms with Crippen LogP contribution >= 0.6 is 11.3 Å². The third-order valence-corrected chi connectivity index (χ3v) is 6.85. The summed E-state index contributed by atoms with van der Waals surface area (Å²) in [5.74, 6) is -0.117. The standard InChI is InChI=1S/C21H26N4O3S/c1-11-7-8-12(16(26)9-11)14-10-15(25-24-14)19(27)23-21-18(20(28)22-2)13-5-3-4-6-17(13)29-21/h7-9,14-15,24-26H,3-6,10H2,1-2H3,(H,22,28)(H,23,27). The van der Waals surface area contributed by atoms with Crippen LogP contribution in [0.2, 0.25) is 0 Å². The van der Waals surface area contributed by atoms with Crippen LogP contribution in [0.3, 0.4) is 0 Å². The fourth-order valence-electron chi connectivity index (χ4n) is 4.10. The van der Waals surface area contributed by atoms with Gasteiger partial charge in [-0.25, -0.2) is 10.9 Å². The first-order valence-corrected chi connectivity index (χ1v) is 10.8. The maximum Gasteiger partial charge on any atom is 0.254 e. The molecule has 1 fully saturated rings. The quantitative estimate of drug-likeness (QED) is 0.529. The van der Waals surface area contributed by atoms with Crippen LogP contribution in [0.4, 0.5) is 5.00 Å². The summed E-state index contributed by atoms with van der Waals surface area (Å²) in [6.45, 7) is 1.92. The van der Waals surface area contributed by atoms with Crippen molar-refractivity contribution in [2.75, 3.05) is 12.4 Å². The molecule has 2 atom stereocenters. The third kappa shape index (κ3) is 3.88. The van der Waals surface area contributed by atoms with Gasteiger partial charge in [0.2, 0.25) is 5.91 Å². The van der Waals surface area contributed by atoms with E-state index in [9.17, 15) is 14.7 Å². The molecular formula is C21H26N4O3S. The average molecular weight is 415 g/mol. The minimum absolute atomic E-state index is 0.153. The smallest absolute Gasteiger partial charge is 0.254 e. The molecule has 8 heteroatoms. The van der Waals surface area contributed by atoms with Gasteiger partial charge in [-0.1, -0.05) is 12.1 Å². The Morgan fingerprint density at radius 2 is 2.00 bits per heavy atom. The lowest BCUT2D eigenvalue weighted by Gasteiger charge is -2.13. The molecule has 2 aromatic rings. The van der Waals surface area contributed by atoms with Crippen molar-refractivity contribution in [1.29, 1.82) is 0 Å². The SMILES string of the molecule is CNC(=O)c1c(NC(=O)C2CC(c3ccc(C)cc3O)NN2)sc2c1CCCC2. The molecule has 154 valence electrons. The molecule has 0 spiro atoms. The highest BCUT2D eigenvalue weighted by Gasteiger charge is 2.33. The monoisotopic (exact) mass is 414 g/mol. The maximum atomic E-state index is 12.9. The first-order valence-electron chi connectivity index (χ1n) is 9.96. The van der Waals surface area contributed by atoms with Crippen LogP contribution in [0.5, 0.6) is 5.75 Å². The molecule has 2 heterocycles. The van der Waals surface area contributed by atoms with Crippen LogP contribution in [-0.4, -0.2) is 30.0 Å². The van der Waals surface area contributed by atoms with Crippen LogP contribution in [0.25, 0.3) is 0 Å². The average Bonchev–Trinajstić information content (AvgIpc) is 3.32. The minimum Gasteiger partial charge on any atom is -0.508 e. The van der Waals surface area contributed by atoms with E-state index in [1.807, 2.05) is 19.1 Å². The summed E-state index contributed by atoms with van der Waals surface area (Å²) >= 11 is 1.51. The van der Waals surface area contributed by atoms with Crippen LogP contribution in [0, 0.1) is 6.92 Å². The summed E-state index contributed by atoms with van der Waals surface area (Å²) in [4.78, 5) is 26.6. The Bertz CT molecular complexity index is 956. The van der Waals surface area contributed by atoms with E-state index in [2.05, 4.69) is 21.5 Å². The number of thiophene rings is 1. The van der Waals surface area contributed by atoms with E-state index in [0.717, 1.165) is 42.4 Å². The van der Waals surface area contributed by atoms with Gasteiger partial charge in [-0.05, 0) is 56.2 Å².